The van der Waals surface area contributed by atoms with Crippen LogP contribution in [-0.4, -0.2) is 36.4 Å². The number of nitrogens with one attached hydrogen (secondary N) is 1. The summed E-state index contributed by atoms with van der Waals surface area (Å²) >= 11 is 1.57. The van der Waals surface area contributed by atoms with E-state index >= 15 is 0 Å². The molecular formula is C11H15NO3S. The summed E-state index contributed by atoms with van der Waals surface area (Å²) in [5, 5.41) is 16.6. The zero-order valence-corrected chi connectivity index (χ0v) is 9.76. The van der Waals surface area contributed by atoms with Crippen molar-refractivity contribution in [2.45, 2.75) is 18.4 Å². The number of carbonyl (C=O) groups is 1. The van der Waals surface area contributed by atoms with Crippen molar-refractivity contribution >= 4 is 17.2 Å². The third-order valence-electron chi connectivity index (χ3n) is 2.64. The van der Waals surface area contributed by atoms with Crippen molar-refractivity contribution in [2.75, 3.05) is 19.8 Å². The highest BCUT2D eigenvalue weighted by atomic mass is 32.1. The monoisotopic (exact) mass is 241 g/mol. The predicted octanol–water partition coefficient (Wildman–Crippen LogP) is 0.558. The highest BCUT2D eigenvalue weighted by Gasteiger charge is 2.32. The molecule has 2 heterocycles. The van der Waals surface area contributed by atoms with Gasteiger partial charge in [-0.1, -0.05) is 0 Å². The Labute approximate surface area is 98.2 Å². The first-order chi connectivity index (χ1) is 7.68. The molecule has 0 spiro atoms. The first-order valence-corrected chi connectivity index (χ1v) is 6.20. The summed E-state index contributed by atoms with van der Waals surface area (Å²) in [5.41, 5.74) is 0.141. The second-order valence-corrected chi connectivity index (χ2v) is 4.89. The molecule has 1 aromatic rings. The van der Waals surface area contributed by atoms with E-state index in [1.54, 1.807) is 11.3 Å². The number of aliphatic hydroxyl groups is 1. The van der Waals surface area contributed by atoms with Crippen LogP contribution in [0.2, 0.25) is 0 Å². The van der Waals surface area contributed by atoms with Gasteiger partial charge in [0.1, 0.15) is 5.60 Å². The summed E-state index contributed by atoms with van der Waals surface area (Å²) in [6.07, 6.45) is 0.964. The Balaban J connectivity index is 1.75. The lowest BCUT2D eigenvalue weighted by Crippen LogP contribution is -2.43. The molecule has 16 heavy (non-hydrogen) atoms. The summed E-state index contributed by atoms with van der Waals surface area (Å²) < 4.78 is 5.10. The van der Waals surface area contributed by atoms with Crippen LogP contribution in [0.3, 0.4) is 0 Å². The van der Waals surface area contributed by atoms with E-state index in [0.29, 0.717) is 26.1 Å². The maximum atomic E-state index is 11.6. The Morgan fingerprint density at radius 3 is 3.19 bits per heavy atom. The largest absolute Gasteiger partial charge is 0.386 e. The Bertz CT molecular complexity index is 344. The molecule has 88 valence electrons. The Morgan fingerprint density at radius 2 is 2.56 bits per heavy atom. The molecule has 1 amide bonds. The van der Waals surface area contributed by atoms with Gasteiger partial charge in [0, 0.05) is 19.6 Å². The molecule has 0 saturated carbocycles. The van der Waals surface area contributed by atoms with Gasteiger partial charge in [0.2, 0.25) is 5.91 Å². The molecule has 1 unspecified atom stereocenters. The van der Waals surface area contributed by atoms with E-state index in [9.17, 15) is 9.90 Å². The van der Waals surface area contributed by atoms with Crippen molar-refractivity contribution in [3.05, 3.63) is 22.4 Å². The molecule has 0 aliphatic carbocycles. The molecule has 1 aliphatic rings. The van der Waals surface area contributed by atoms with Crippen LogP contribution in [0.25, 0.3) is 0 Å². The molecule has 2 rings (SSSR count). The highest BCUT2D eigenvalue weighted by Crippen LogP contribution is 2.17. The third kappa shape index (κ3) is 3.04. The van der Waals surface area contributed by atoms with E-state index in [4.69, 9.17) is 4.74 Å². The molecule has 0 radical (unpaired) electrons. The summed E-state index contributed by atoms with van der Waals surface area (Å²) in [7, 11) is 0. The van der Waals surface area contributed by atoms with Gasteiger partial charge in [-0.3, -0.25) is 4.79 Å². The Morgan fingerprint density at radius 1 is 1.69 bits per heavy atom. The minimum atomic E-state index is -0.871. The van der Waals surface area contributed by atoms with Crippen molar-refractivity contribution in [3.63, 3.8) is 0 Å². The third-order valence-corrected chi connectivity index (χ3v) is 3.37. The molecule has 1 fully saturated rings. The number of carbonyl (C=O) groups excluding carboxylic acids is 1. The zero-order valence-electron chi connectivity index (χ0n) is 8.94. The topological polar surface area (TPSA) is 58.6 Å². The minimum Gasteiger partial charge on any atom is -0.386 e. The Hall–Kier alpha value is -0.910. The van der Waals surface area contributed by atoms with Crippen LogP contribution in [0, 0.1) is 0 Å². The maximum absolute atomic E-state index is 11.6. The van der Waals surface area contributed by atoms with E-state index in [-0.39, 0.29) is 12.5 Å². The lowest BCUT2D eigenvalue weighted by atomic mass is 10.0. The number of amides is 1. The second kappa shape index (κ2) is 4.95. The number of ether oxygens (including phenoxy) is 1. The van der Waals surface area contributed by atoms with Crippen LogP contribution in [-0.2, 0) is 16.0 Å². The van der Waals surface area contributed by atoms with E-state index in [2.05, 4.69) is 5.32 Å². The summed E-state index contributed by atoms with van der Waals surface area (Å²) in [6, 6.07) is 1.93. The van der Waals surface area contributed by atoms with Gasteiger partial charge < -0.3 is 15.2 Å². The number of rotatable bonds is 4. The molecule has 5 heteroatoms. The standard InChI is InChI=1S/C11H15NO3S/c13-10(5-9-1-4-16-6-9)12-7-11(14)2-3-15-8-11/h1,4,6,14H,2-3,5,7-8H2,(H,12,13). The quantitative estimate of drug-likeness (QED) is 0.809. The lowest BCUT2D eigenvalue weighted by Gasteiger charge is -2.20. The summed E-state index contributed by atoms with van der Waals surface area (Å²) in [4.78, 5) is 11.6. The van der Waals surface area contributed by atoms with Gasteiger partial charge in [-0.05, 0) is 22.4 Å². The number of hydrogen-bond acceptors (Lipinski definition) is 4. The number of thiophene rings is 1. The first kappa shape index (κ1) is 11.6. The van der Waals surface area contributed by atoms with Gasteiger partial charge in [-0.15, -0.1) is 0 Å². The SMILES string of the molecule is O=C(Cc1ccsc1)NCC1(O)CCOC1. The molecule has 4 nitrogen and oxygen atoms in total. The molecule has 1 aromatic heterocycles. The molecule has 1 aliphatic heterocycles. The van der Waals surface area contributed by atoms with Crippen molar-refractivity contribution in [1.82, 2.24) is 5.32 Å². The van der Waals surface area contributed by atoms with Gasteiger partial charge in [0.25, 0.3) is 0 Å². The predicted molar refractivity (Wildman–Crippen MR) is 61.4 cm³/mol. The zero-order chi connectivity index (χ0) is 11.4. The maximum Gasteiger partial charge on any atom is 0.224 e. The van der Waals surface area contributed by atoms with Crippen LogP contribution in [0.4, 0.5) is 0 Å². The van der Waals surface area contributed by atoms with Crippen molar-refractivity contribution < 1.29 is 14.6 Å². The van der Waals surface area contributed by atoms with E-state index in [1.807, 2.05) is 16.8 Å². The minimum absolute atomic E-state index is 0.0567. The van der Waals surface area contributed by atoms with Crippen LogP contribution >= 0.6 is 11.3 Å². The van der Waals surface area contributed by atoms with Crippen LogP contribution in [0.5, 0.6) is 0 Å². The highest BCUT2D eigenvalue weighted by molar-refractivity contribution is 7.07. The molecule has 0 bridgehead atoms. The first-order valence-electron chi connectivity index (χ1n) is 5.26. The van der Waals surface area contributed by atoms with Gasteiger partial charge in [-0.2, -0.15) is 11.3 Å². The van der Waals surface area contributed by atoms with E-state index in [0.717, 1.165) is 5.56 Å². The van der Waals surface area contributed by atoms with Gasteiger partial charge in [0.05, 0.1) is 13.0 Å². The normalized spacial score (nSPS) is 24.6. The van der Waals surface area contributed by atoms with Gasteiger partial charge >= 0.3 is 0 Å². The van der Waals surface area contributed by atoms with Crippen LogP contribution in [0.15, 0.2) is 16.8 Å². The van der Waals surface area contributed by atoms with Gasteiger partial charge in [0.15, 0.2) is 0 Å². The van der Waals surface area contributed by atoms with E-state index < -0.39 is 5.60 Å². The van der Waals surface area contributed by atoms with Crippen molar-refractivity contribution in [1.29, 1.82) is 0 Å². The molecule has 0 aromatic carbocycles. The van der Waals surface area contributed by atoms with Crippen LogP contribution in [0.1, 0.15) is 12.0 Å². The van der Waals surface area contributed by atoms with Gasteiger partial charge in [-0.25, -0.2) is 0 Å². The fourth-order valence-electron chi connectivity index (χ4n) is 1.64. The molecule has 2 N–H and O–H groups in total. The average Bonchev–Trinajstić information content (AvgIpc) is 2.88. The van der Waals surface area contributed by atoms with Crippen LogP contribution < -0.4 is 5.32 Å². The molecule has 1 atom stereocenters. The summed E-state index contributed by atoms with van der Waals surface area (Å²) in [5.74, 6) is -0.0567. The fourth-order valence-corrected chi connectivity index (χ4v) is 2.31. The smallest absolute Gasteiger partial charge is 0.224 e. The average molecular weight is 241 g/mol. The van der Waals surface area contributed by atoms with E-state index in [1.165, 1.54) is 0 Å². The summed E-state index contributed by atoms with van der Waals surface area (Å²) in [6.45, 7) is 1.15. The van der Waals surface area contributed by atoms with Crippen molar-refractivity contribution in [2.24, 2.45) is 0 Å². The molecular weight excluding hydrogens is 226 g/mol. The molecule has 1 saturated heterocycles. The fraction of sp³-hybridized carbons (Fsp3) is 0.545. The lowest BCUT2D eigenvalue weighted by molar-refractivity contribution is -0.121. The second-order valence-electron chi connectivity index (χ2n) is 4.11. The Kier molecular flexibility index (Phi) is 3.58. The van der Waals surface area contributed by atoms with Crippen molar-refractivity contribution in [3.8, 4) is 0 Å². The number of hydrogen-bond donors (Lipinski definition) is 2.